The van der Waals surface area contributed by atoms with Gasteiger partial charge in [0, 0.05) is 13.2 Å². The molecule has 0 spiro atoms. The Kier molecular flexibility index (Phi) is 7.30. The van der Waals surface area contributed by atoms with Crippen molar-refractivity contribution < 1.29 is 22.7 Å². The highest BCUT2D eigenvalue weighted by Crippen LogP contribution is 2.15. The number of nitrogens with one attached hydrogen (secondary N) is 2. The zero-order valence-corrected chi connectivity index (χ0v) is 13.8. The zero-order valence-electron chi connectivity index (χ0n) is 13.0. The molecule has 0 atom stereocenters. The van der Waals surface area contributed by atoms with Gasteiger partial charge in [0.2, 0.25) is 15.9 Å². The standard InChI is InChI=1S/C14H22N2O5S/c1-11(2)16-14(17)10-15-22(18,19)13-6-4-12(5-7-13)21-9-8-20-3/h4-7,11,15H,8-10H2,1-3H3,(H,16,17). The molecule has 2 N–H and O–H groups in total. The first-order valence-electron chi connectivity index (χ1n) is 6.86. The summed E-state index contributed by atoms with van der Waals surface area (Å²) in [6.07, 6.45) is 0. The van der Waals surface area contributed by atoms with E-state index in [-0.39, 0.29) is 23.4 Å². The minimum absolute atomic E-state index is 0.0412. The summed E-state index contributed by atoms with van der Waals surface area (Å²) >= 11 is 0. The number of methoxy groups -OCH3 is 1. The Morgan fingerprint density at radius 3 is 2.36 bits per heavy atom. The van der Waals surface area contributed by atoms with Crippen molar-refractivity contribution in [1.29, 1.82) is 0 Å². The van der Waals surface area contributed by atoms with E-state index in [0.29, 0.717) is 19.0 Å². The quantitative estimate of drug-likeness (QED) is 0.644. The summed E-state index contributed by atoms with van der Waals surface area (Å²) in [5, 5.41) is 2.61. The molecule has 0 aliphatic heterocycles. The molecule has 1 amide bonds. The predicted molar refractivity (Wildman–Crippen MR) is 82.3 cm³/mol. The molecule has 0 radical (unpaired) electrons. The van der Waals surface area contributed by atoms with E-state index in [0.717, 1.165) is 0 Å². The molecule has 1 rings (SSSR count). The van der Waals surface area contributed by atoms with Gasteiger partial charge in [-0.25, -0.2) is 13.1 Å². The Bertz CT molecular complexity index is 569. The van der Waals surface area contributed by atoms with Crippen LogP contribution in [0.2, 0.25) is 0 Å². The highest BCUT2D eigenvalue weighted by molar-refractivity contribution is 7.89. The van der Waals surface area contributed by atoms with E-state index in [9.17, 15) is 13.2 Å². The summed E-state index contributed by atoms with van der Waals surface area (Å²) in [6.45, 7) is 4.14. The monoisotopic (exact) mass is 330 g/mol. The fraction of sp³-hybridized carbons (Fsp3) is 0.500. The predicted octanol–water partition coefficient (Wildman–Crippen LogP) is 0.515. The van der Waals surface area contributed by atoms with Gasteiger partial charge in [0.25, 0.3) is 0 Å². The third kappa shape index (κ3) is 6.42. The number of hydrogen-bond acceptors (Lipinski definition) is 5. The molecule has 124 valence electrons. The maximum atomic E-state index is 12.0. The van der Waals surface area contributed by atoms with Crippen molar-refractivity contribution >= 4 is 15.9 Å². The Labute approximate surface area is 131 Å². The molecule has 0 aliphatic rings. The molecule has 0 unspecified atom stereocenters. The molecular weight excluding hydrogens is 308 g/mol. The molecule has 8 heteroatoms. The van der Waals surface area contributed by atoms with Gasteiger partial charge in [-0.1, -0.05) is 0 Å². The lowest BCUT2D eigenvalue weighted by molar-refractivity contribution is -0.120. The van der Waals surface area contributed by atoms with Crippen LogP contribution in [-0.4, -0.2) is 47.2 Å². The van der Waals surface area contributed by atoms with Crippen LogP contribution in [0, 0.1) is 0 Å². The molecule has 0 fully saturated rings. The zero-order chi connectivity index (χ0) is 16.6. The summed E-state index contributed by atoms with van der Waals surface area (Å²) in [5.74, 6) is 0.173. The third-order valence-corrected chi connectivity index (χ3v) is 3.98. The van der Waals surface area contributed by atoms with Crippen molar-refractivity contribution in [3.63, 3.8) is 0 Å². The highest BCUT2D eigenvalue weighted by Gasteiger charge is 2.15. The Hall–Kier alpha value is -1.64. The fourth-order valence-corrected chi connectivity index (χ4v) is 2.56. The minimum Gasteiger partial charge on any atom is -0.491 e. The lowest BCUT2D eigenvalue weighted by atomic mass is 10.3. The molecule has 7 nitrogen and oxygen atoms in total. The number of benzene rings is 1. The summed E-state index contributed by atoms with van der Waals surface area (Å²) in [4.78, 5) is 11.5. The van der Waals surface area contributed by atoms with Crippen LogP contribution in [0.15, 0.2) is 29.2 Å². The summed E-state index contributed by atoms with van der Waals surface area (Å²) in [5.41, 5.74) is 0. The Morgan fingerprint density at radius 1 is 1.18 bits per heavy atom. The number of carbonyl (C=O) groups excluding carboxylic acids is 1. The number of ether oxygens (including phenoxy) is 2. The van der Waals surface area contributed by atoms with Crippen molar-refractivity contribution in [3.05, 3.63) is 24.3 Å². The lowest BCUT2D eigenvalue weighted by Gasteiger charge is -2.10. The van der Waals surface area contributed by atoms with Gasteiger partial charge in [0.05, 0.1) is 18.0 Å². The van der Waals surface area contributed by atoms with E-state index >= 15 is 0 Å². The van der Waals surface area contributed by atoms with E-state index < -0.39 is 10.0 Å². The van der Waals surface area contributed by atoms with Crippen molar-refractivity contribution in [2.75, 3.05) is 26.9 Å². The Morgan fingerprint density at radius 2 is 1.82 bits per heavy atom. The fourth-order valence-electron chi connectivity index (χ4n) is 1.57. The van der Waals surface area contributed by atoms with Crippen LogP contribution in [0.4, 0.5) is 0 Å². The first-order chi connectivity index (χ1) is 10.3. The molecule has 0 saturated carbocycles. The van der Waals surface area contributed by atoms with Crippen molar-refractivity contribution in [1.82, 2.24) is 10.0 Å². The van der Waals surface area contributed by atoms with Gasteiger partial charge in [-0.15, -0.1) is 0 Å². The average Bonchev–Trinajstić information content (AvgIpc) is 2.45. The SMILES string of the molecule is COCCOc1ccc(S(=O)(=O)NCC(=O)NC(C)C)cc1. The van der Waals surface area contributed by atoms with Crippen LogP contribution >= 0.6 is 0 Å². The van der Waals surface area contributed by atoms with Gasteiger partial charge in [0.1, 0.15) is 12.4 Å². The molecule has 0 heterocycles. The maximum Gasteiger partial charge on any atom is 0.241 e. The summed E-state index contributed by atoms with van der Waals surface area (Å²) in [6, 6.07) is 5.91. The van der Waals surface area contributed by atoms with Crippen LogP contribution < -0.4 is 14.8 Å². The van der Waals surface area contributed by atoms with E-state index in [1.54, 1.807) is 33.1 Å². The molecule has 1 aromatic rings. The Balaban J connectivity index is 2.59. The van der Waals surface area contributed by atoms with E-state index in [2.05, 4.69) is 10.0 Å². The van der Waals surface area contributed by atoms with Crippen LogP contribution in [0.5, 0.6) is 5.75 Å². The van der Waals surface area contributed by atoms with Crippen LogP contribution in [0.1, 0.15) is 13.8 Å². The lowest BCUT2D eigenvalue weighted by Crippen LogP contribution is -2.39. The molecule has 22 heavy (non-hydrogen) atoms. The van der Waals surface area contributed by atoms with Crippen molar-refractivity contribution in [2.24, 2.45) is 0 Å². The van der Waals surface area contributed by atoms with Gasteiger partial charge < -0.3 is 14.8 Å². The smallest absolute Gasteiger partial charge is 0.241 e. The van der Waals surface area contributed by atoms with Gasteiger partial charge in [-0.05, 0) is 38.1 Å². The second kappa shape index (κ2) is 8.72. The molecule has 0 aromatic heterocycles. The van der Waals surface area contributed by atoms with Gasteiger partial charge in [-0.2, -0.15) is 0 Å². The van der Waals surface area contributed by atoms with Gasteiger partial charge >= 0.3 is 0 Å². The number of hydrogen-bond donors (Lipinski definition) is 2. The van der Waals surface area contributed by atoms with E-state index in [1.807, 2.05) is 0 Å². The summed E-state index contributed by atoms with van der Waals surface area (Å²) in [7, 11) is -2.15. The number of rotatable bonds is 9. The molecule has 0 aliphatic carbocycles. The van der Waals surface area contributed by atoms with Crippen LogP contribution in [-0.2, 0) is 19.6 Å². The average molecular weight is 330 g/mol. The van der Waals surface area contributed by atoms with Crippen LogP contribution in [0.25, 0.3) is 0 Å². The minimum atomic E-state index is -3.72. The summed E-state index contributed by atoms with van der Waals surface area (Å²) < 4.78 is 36.5. The highest BCUT2D eigenvalue weighted by atomic mass is 32.2. The second-order valence-corrected chi connectivity index (χ2v) is 6.63. The molecule has 0 bridgehead atoms. The van der Waals surface area contributed by atoms with E-state index in [1.165, 1.54) is 12.1 Å². The number of sulfonamides is 1. The number of carbonyl (C=O) groups is 1. The molecule has 1 aromatic carbocycles. The maximum absolute atomic E-state index is 12.0. The van der Waals surface area contributed by atoms with Crippen LogP contribution in [0.3, 0.4) is 0 Å². The largest absolute Gasteiger partial charge is 0.491 e. The first-order valence-corrected chi connectivity index (χ1v) is 8.34. The second-order valence-electron chi connectivity index (χ2n) is 4.86. The van der Waals surface area contributed by atoms with E-state index in [4.69, 9.17) is 9.47 Å². The van der Waals surface area contributed by atoms with Gasteiger partial charge in [0.15, 0.2) is 0 Å². The first kappa shape index (κ1) is 18.4. The van der Waals surface area contributed by atoms with Crippen molar-refractivity contribution in [3.8, 4) is 5.75 Å². The number of amides is 1. The molecule has 0 saturated heterocycles. The van der Waals surface area contributed by atoms with Gasteiger partial charge in [-0.3, -0.25) is 4.79 Å². The normalized spacial score (nSPS) is 11.5. The molecular formula is C14H22N2O5S. The topological polar surface area (TPSA) is 93.7 Å². The van der Waals surface area contributed by atoms with Crippen molar-refractivity contribution in [2.45, 2.75) is 24.8 Å². The third-order valence-electron chi connectivity index (χ3n) is 2.56.